The highest BCUT2D eigenvalue weighted by atomic mass is 16.2. The van der Waals surface area contributed by atoms with Gasteiger partial charge in [0.05, 0.1) is 0 Å². The number of carbonyl (C=O) groups excluding carboxylic acids is 2. The second-order valence-corrected chi connectivity index (χ2v) is 6.51. The van der Waals surface area contributed by atoms with Crippen LogP contribution in [0, 0.1) is 0 Å². The van der Waals surface area contributed by atoms with Crippen LogP contribution < -0.4 is 0 Å². The third kappa shape index (κ3) is 3.53. The van der Waals surface area contributed by atoms with E-state index in [-0.39, 0.29) is 0 Å². The van der Waals surface area contributed by atoms with E-state index in [1.165, 1.54) is 0 Å². The number of hydrogen-bond donors (Lipinski definition) is 0. The summed E-state index contributed by atoms with van der Waals surface area (Å²) in [7, 11) is 0. The SMILES string of the molecule is O=C(C(=O)c1ccccc1-c1ccc(-c2ccccc2)cc1)c1ccccc1. The number of ketones is 2. The molecule has 4 aromatic carbocycles. The van der Waals surface area contributed by atoms with Crippen molar-refractivity contribution in [3.63, 3.8) is 0 Å². The lowest BCUT2D eigenvalue weighted by atomic mass is 9.92. The van der Waals surface area contributed by atoms with Gasteiger partial charge >= 0.3 is 0 Å². The largest absolute Gasteiger partial charge is 0.285 e. The molecule has 0 atom stereocenters. The molecule has 134 valence electrons. The first-order chi connectivity index (χ1) is 13.7. The smallest absolute Gasteiger partial charge is 0.234 e. The first kappa shape index (κ1) is 17.6. The molecule has 0 amide bonds. The van der Waals surface area contributed by atoms with Crippen molar-refractivity contribution in [2.24, 2.45) is 0 Å². The van der Waals surface area contributed by atoms with Crippen molar-refractivity contribution in [2.75, 3.05) is 0 Å². The number of rotatable bonds is 5. The van der Waals surface area contributed by atoms with E-state index >= 15 is 0 Å². The molecule has 0 heterocycles. The van der Waals surface area contributed by atoms with Crippen molar-refractivity contribution in [1.82, 2.24) is 0 Å². The van der Waals surface area contributed by atoms with Crippen LogP contribution in [0.25, 0.3) is 22.3 Å². The van der Waals surface area contributed by atoms with Crippen LogP contribution in [0.4, 0.5) is 0 Å². The van der Waals surface area contributed by atoms with E-state index in [0.29, 0.717) is 11.1 Å². The monoisotopic (exact) mass is 362 g/mol. The standard InChI is InChI=1S/C26H18O2/c27-25(22-11-5-2-6-12-22)26(28)24-14-8-7-13-23(24)21-17-15-20(16-18-21)19-9-3-1-4-10-19/h1-18H. The van der Waals surface area contributed by atoms with Crippen molar-refractivity contribution in [2.45, 2.75) is 0 Å². The van der Waals surface area contributed by atoms with Gasteiger partial charge in [0, 0.05) is 11.1 Å². The van der Waals surface area contributed by atoms with E-state index in [1.807, 2.05) is 60.7 Å². The average molecular weight is 362 g/mol. The van der Waals surface area contributed by atoms with Gasteiger partial charge in [0.1, 0.15) is 0 Å². The topological polar surface area (TPSA) is 34.1 Å². The van der Waals surface area contributed by atoms with Crippen LogP contribution in [0.1, 0.15) is 20.7 Å². The highest BCUT2D eigenvalue weighted by Gasteiger charge is 2.21. The predicted octanol–water partition coefficient (Wildman–Crippen LogP) is 6.09. The normalized spacial score (nSPS) is 10.4. The molecular formula is C26H18O2. The zero-order valence-corrected chi connectivity index (χ0v) is 15.2. The summed E-state index contributed by atoms with van der Waals surface area (Å²) in [5.74, 6) is -0.983. The minimum Gasteiger partial charge on any atom is -0.285 e. The zero-order valence-electron chi connectivity index (χ0n) is 15.2. The second kappa shape index (κ2) is 7.85. The van der Waals surface area contributed by atoms with Gasteiger partial charge in [0.15, 0.2) is 0 Å². The molecule has 0 unspecified atom stereocenters. The van der Waals surface area contributed by atoms with Gasteiger partial charge in [-0.2, -0.15) is 0 Å². The Labute approximate surface area is 164 Å². The molecule has 0 aromatic heterocycles. The molecule has 0 saturated carbocycles. The summed E-state index contributed by atoms with van der Waals surface area (Å²) in [4.78, 5) is 25.5. The molecule has 0 N–H and O–H groups in total. The maximum atomic E-state index is 12.9. The van der Waals surface area contributed by atoms with Crippen LogP contribution in [-0.4, -0.2) is 11.6 Å². The minimum absolute atomic E-state index is 0.404. The van der Waals surface area contributed by atoms with Crippen molar-refractivity contribution in [3.8, 4) is 22.3 Å². The van der Waals surface area contributed by atoms with Gasteiger partial charge in [0.2, 0.25) is 11.6 Å². The molecule has 0 spiro atoms. The van der Waals surface area contributed by atoms with Gasteiger partial charge in [-0.05, 0) is 22.3 Å². The summed E-state index contributed by atoms with van der Waals surface area (Å²) < 4.78 is 0. The Kier molecular flexibility index (Phi) is 4.94. The van der Waals surface area contributed by atoms with Gasteiger partial charge in [0.25, 0.3) is 0 Å². The number of benzene rings is 4. The maximum absolute atomic E-state index is 12.9. The molecule has 28 heavy (non-hydrogen) atoms. The summed E-state index contributed by atoms with van der Waals surface area (Å²) in [6.07, 6.45) is 0. The Bertz CT molecular complexity index is 1110. The quantitative estimate of drug-likeness (QED) is 0.318. The molecule has 0 fully saturated rings. The molecule has 0 bridgehead atoms. The Balaban J connectivity index is 1.68. The van der Waals surface area contributed by atoms with Gasteiger partial charge in [-0.25, -0.2) is 0 Å². The lowest BCUT2D eigenvalue weighted by molar-refractivity contribution is 0.0817. The van der Waals surface area contributed by atoms with Crippen LogP contribution >= 0.6 is 0 Å². The van der Waals surface area contributed by atoms with Gasteiger partial charge in [-0.3, -0.25) is 9.59 Å². The van der Waals surface area contributed by atoms with Gasteiger partial charge < -0.3 is 0 Å². The number of Topliss-reactive ketones (excluding diaryl/α,β-unsaturated/α-hetero) is 2. The van der Waals surface area contributed by atoms with Crippen LogP contribution in [0.5, 0.6) is 0 Å². The molecule has 4 rings (SSSR count). The highest BCUT2D eigenvalue weighted by molar-refractivity contribution is 6.50. The first-order valence-electron chi connectivity index (χ1n) is 9.13. The third-order valence-corrected chi connectivity index (χ3v) is 4.72. The van der Waals surface area contributed by atoms with Crippen molar-refractivity contribution in [3.05, 3.63) is 120 Å². The lowest BCUT2D eigenvalue weighted by Crippen LogP contribution is -2.15. The molecule has 0 saturated heterocycles. The Morgan fingerprint density at radius 3 is 1.61 bits per heavy atom. The minimum atomic E-state index is -0.492. The van der Waals surface area contributed by atoms with E-state index in [4.69, 9.17) is 0 Å². The Morgan fingerprint density at radius 1 is 0.429 bits per heavy atom. The summed E-state index contributed by atoms with van der Waals surface area (Å²) in [6.45, 7) is 0. The lowest BCUT2D eigenvalue weighted by Gasteiger charge is -2.10. The molecular weight excluding hydrogens is 344 g/mol. The first-order valence-corrected chi connectivity index (χ1v) is 9.13. The van der Waals surface area contributed by atoms with E-state index < -0.39 is 11.6 Å². The summed E-state index contributed by atoms with van der Waals surface area (Å²) >= 11 is 0. The average Bonchev–Trinajstić information content (AvgIpc) is 2.79. The van der Waals surface area contributed by atoms with Gasteiger partial charge in [-0.1, -0.05) is 109 Å². The molecule has 0 aliphatic heterocycles. The molecule has 4 aromatic rings. The number of hydrogen-bond acceptors (Lipinski definition) is 2. The fourth-order valence-corrected chi connectivity index (χ4v) is 3.25. The van der Waals surface area contributed by atoms with Crippen molar-refractivity contribution >= 4 is 11.6 Å². The molecule has 2 heteroatoms. The van der Waals surface area contributed by atoms with E-state index in [0.717, 1.165) is 22.3 Å². The van der Waals surface area contributed by atoms with E-state index in [9.17, 15) is 9.59 Å². The Morgan fingerprint density at radius 2 is 0.929 bits per heavy atom. The summed E-state index contributed by atoms with van der Waals surface area (Å²) in [5, 5.41) is 0. The molecule has 0 aliphatic carbocycles. The molecule has 0 radical (unpaired) electrons. The number of carbonyl (C=O) groups is 2. The fraction of sp³-hybridized carbons (Fsp3) is 0. The molecule has 2 nitrogen and oxygen atoms in total. The maximum Gasteiger partial charge on any atom is 0.234 e. The summed E-state index contributed by atoms with van der Waals surface area (Å²) in [6, 6.07) is 34.1. The second-order valence-electron chi connectivity index (χ2n) is 6.51. The van der Waals surface area contributed by atoms with Crippen LogP contribution in [0.2, 0.25) is 0 Å². The van der Waals surface area contributed by atoms with E-state index in [1.54, 1.807) is 36.4 Å². The summed E-state index contributed by atoms with van der Waals surface area (Å²) in [5.41, 5.74) is 4.73. The zero-order chi connectivity index (χ0) is 19.3. The van der Waals surface area contributed by atoms with Crippen LogP contribution in [0.3, 0.4) is 0 Å². The highest BCUT2D eigenvalue weighted by Crippen LogP contribution is 2.28. The van der Waals surface area contributed by atoms with Crippen LogP contribution in [0.15, 0.2) is 109 Å². The third-order valence-electron chi connectivity index (χ3n) is 4.72. The van der Waals surface area contributed by atoms with Crippen molar-refractivity contribution in [1.29, 1.82) is 0 Å². The Hall–Kier alpha value is -3.78. The van der Waals surface area contributed by atoms with Crippen molar-refractivity contribution < 1.29 is 9.59 Å². The fourth-order valence-electron chi connectivity index (χ4n) is 3.25. The van der Waals surface area contributed by atoms with Gasteiger partial charge in [-0.15, -0.1) is 0 Å². The van der Waals surface area contributed by atoms with E-state index in [2.05, 4.69) is 12.1 Å². The van der Waals surface area contributed by atoms with Crippen LogP contribution in [-0.2, 0) is 0 Å². The molecule has 0 aliphatic rings. The predicted molar refractivity (Wildman–Crippen MR) is 112 cm³/mol.